The summed E-state index contributed by atoms with van der Waals surface area (Å²) in [7, 11) is 1.46. The highest BCUT2D eigenvalue weighted by molar-refractivity contribution is 7.10. The average Bonchev–Trinajstić information content (AvgIpc) is 3.33. The van der Waals surface area contributed by atoms with Crippen molar-refractivity contribution in [2.24, 2.45) is 11.7 Å². The molecule has 2 aliphatic rings. The van der Waals surface area contributed by atoms with Crippen LogP contribution in [0.2, 0.25) is 0 Å². The Morgan fingerprint density at radius 2 is 2.12 bits per heavy atom. The zero-order valence-corrected chi connectivity index (χ0v) is 15.1. The fourth-order valence-corrected chi connectivity index (χ4v) is 4.69. The number of halogens is 1. The van der Waals surface area contributed by atoms with Crippen LogP contribution in [0.3, 0.4) is 0 Å². The van der Waals surface area contributed by atoms with Gasteiger partial charge in [0.1, 0.15) is 11.9 Å². The summed E-state index contributed by atoms with van der Waals surface area (Å²) in [4.78, 5) is 30.2. The van der Waals surface area contributed by atoms with Gasteiger partial charge in [-0.05, 0) is 48.7 Å². The van der Waals surface area contributed by atoms with Crippen molar-refractivity contribution in [2.45, 2.75) is 31.3 Å². The molecule has 2 aliphatic carbocycles. The SMILES string of the molecule is COC1c2[nH]c(=O)[nH]c(=O)c2C(C2CC2)=C(F)C1c1csc(CCN)c1. The Labute approximate surface area is 152 Å². The van der Waals surface area contributed by atoms with E-state index < -0.39 is 23.3 Å². The minimum Gasteiger partial charge on any atom is -0.374 e. The van der Waals surface area contributed by atoms with Crippen molar-refractivity contribution >= 4 is 16.9 Å². The maximum atomic E-state index is 15.6. The average molecular weight is 377 g/mol. The van der Waals surface area contributed by atoms with Gasteiger partial charge in [0.15, 0.2) is 0 Å². The van der Waals surface area contributed by atoms with E-state index >= 15 is 4.39 Å². The first kappa shape index (κ1) is 17.4. The highest BCUT2D eigenvalue weighted by Gasteiger charge is 2.44. The van der Waals surface area contributed by atoms with Gasteiger partial charge in [-0.15, -0.1) is 11.3 Å². The van der Waals surface area contributed by atoms with Gasteiger partial charge in [0.2, 0.25) is 0 Å². The van der Waals surface area contributed by atoms with E-state index in [4.69, 9.17) is 10.5 Å². The number of aromatic amines is 2. The van der Waals surface area contributed by atoms with E-state index in [9.17, 15) is 9.59 Å². The Hall–Kier alpha value is -2.03. The number of ether oxygens (including phenoxy) is 1. The first-order valence-electron chi connectivity index (χ1n) is 8.61. The maximum Gasteiger partial charge on any atom is 0.326 e. The molecule has 1 fully saturated rings. The van der Waals surface area contributed by atoms with Gasteiger partial charge in [0.05, 0.1) is 17.2 Å². The minimum absolute atomic E-state index is 0.0169. The van der Waals surface area contributed by atoms with Gasteiger partial charge < -0.3 is 15.5 Å². The molecule has 138 valence electrons. The molecule has 0 bridgehead atoms. The molecule has 2 aromatic rings. The Balaban J connectivity index is 1.92. The number of nitrogens with two attached hydrogens (primary N) is 1. The quantitative estimate of drug-likeness (QED) is 0.743. The third kappa shape index (κ3) is 2.78. The Morgan fingerprint density at radius 3 is 2.77 bits per heavy atom. The number of hydrogen-bond donors (Lipinski definition) is 3. The van der Waals surface area contributed by atoms with Crippen LogP contribution in [-0.4, -0.2) is 23.6 Å². The van der Waals surface area contributed by atoms with Crippen molar-refractivity contribution in [1.29, 1.82) is 0 Å². The van der Waals surface area contributed by atoms with E-state index in [1.807, 2.05) is 11.4 Å². The Kier molecular flexibility index (Phi) is 4.42. The molecule has 1 saturated carbocycles. The summed E-state index contributed by atoms with van der Waals surface area (Å²) in [6, 6.07) is 1.94. The zero-order valence-electron chi connectivity index (χ0n) is 14.3. The second kappa shape index (κ2) is 6.61. The third-order valence-corrected chi connectivity index (χ3v) is 6.04. The normalized spacial score (nSPS) is 22.6. The molecule has 0 spiro atoms. The van der Waals surface area contributed by atoms with E-state index in [1.54, 1.807) is 0 Å². The monoisotopic (exact) mass is 377 g/mol. The highest BCUT2D eigenvalue weighted by atomic mass is 32.1. The molecule has 0 radical (unpaired) electrons. The van der Waals surface area contributed by atoms with Crippen molar-refractivity contribution in [2.75, 3.05) is 13.7 Å². The number of rotatable bonds is 5. The predicted molar refractivity (Wildman–Crippen MR) is 98.0 cm³/mol. The van der Waals surface area contributed by atoms with Crippen LogP contribution in [0.15, 0.2) is 26.9 Å². The molecular formula is C18H20FN3O3S. The van der Waals surface area contributed by atoms with Crippen LogP contribution in [-0.2, 0) is 11.2 Å². The van der Waals surface area contributed by atoms with Gasteiger partial charge in [-0.1, -0.05) is 0 Å². The number of aromatic nitrogens is 2. The molecule has 2 unspecified atom stereocenters. The first-order chi connectivity index (χ1) is 12.5. The molecule has 26 heavy (non-hydrogen) atoms. The number of fused-ring (bicyclic) bond motifs is 1. The molecule has 0 aliphatic heterocycles. The molecule has 0 saturated heterocycles. The lowest BCUT2D eigenvalue weighted by Gasteiger charge is -2.32. The topological polar surface area (TPSA) is 101 Å². The fourth-order valence-electron chi connectivity index (χ4n) is 3.75. The minimum atomic E-state index is -0.761. The molecule has 2 atom stereocenters. The molecule has 4 rings (SSSR count). The molecule has 4 N–H and O–H groups in total. The van der Waals surface area contributed by atoms with Gasteiger partial charge in [-0.2, -0.15) is 0 Å². The van der Waals surface area contributed by atoms with Crippen LogP contribution in [0, 0.1) is 5.92 Å². The second-order valence-electron chi connectivity index (χ2n) is 6.75. The summed E-state index contributed by atoms with van der Waals surface area (Å²) in [6.45, 7) is 0.523. The molecule has 2 heterocycles. The fraction of sp³-hybridized carbons (Fsp3) is 0.444. The van der Waals surface area contributed by atoms with Crippen LogP contribution in [0.5, 0.6) is 0 Å². The summed E-state index contributed by atoms with van der Waals surface area (Å²) in [6.07, 6.45) is 1.64. The number of thiophene rings is 1. The number of H-pyrrole nitrogens is 2. The van der Waals surface area contributed by atoms with Crippen LogP contribution < -0.4 is 17.0 Å². The molecule has 6 nitrogen and oxygen atoms in total. The largest absolute Gasteiger partial charge is 0.374 e. The summed E-state index contributed by atoms with van der Waals surface area (Å²) in [5.74, 6) is -0.993. The first-order valence-corrected chi connectivity index (χ1v) is 9.49. The van der Waals surface area contributed by atoms with Crippen LogP contribution in [0.1, 0.15) is 46.6 Å². The van der Waals surface area contributed by atoms with Crippen molar-refractivity contribution in [3.63, 3.8) is 0 Å². The van der Waals surface area contributed by atoms with E-state index in [0.717, 1.165) is 29.7 Å². The van der Waals surface area contributed by atoms with Crippen molar-refractivity contribution in [1.82, 2.24) is 9.97 Å². The molecule has 8 heteroatoms. The Morgan fingerprint density at radius 1 is 1.35 bits per heavy atom. The lowest BCUT2D eigenvalue weighted by Crippen LogP contribution is -2.34. The summed E-state index contributed by atoms with van der Waals surface area (Å²) in [5.41, 5.74) is 6.24. The van der Waals surface area contributed by atoms with E-state index in [2.05, 4.69) is 9.97 Å². The lowest BCUT2D eigenvalue weighted by atomic mass is 9.80. The second-order valence-corrected chi connectivity index (χ2v) is 7.75. The maximum absolute atomic E-state index is 15.6. The van der Waals surface area contributed by atoms with Crippen LogP contribution >= 0.6 is 11.3 Å². The number of methoxy groups -OCH3 is 1. The summed E-state index contributed by atoms with van der Waals surface area (Å²) < 4.78 is 21.2. The standard InChI is InChI=1S/C18H20FN3O3S/c1-25-16-12(9-6-10(4-5-20)26-7-9)14(19)11(8-2-3-8)13-15(16)21-18(24)22-17(13)23/h6-8,12,16H,2-5,20H2,1H3,(H2,21,22,23,24). The number of hydrogen-bond acceptors (Lipinski definition) is 5. The van der Waals surface area contributed by atoms with Gasteiger partial charge in [-0.25, -0.2) is 9.18 Å². The van der Waals surface area contributed by atoms with E-state index in [-0.39, 0.29) is 17.3 Å². The van der Waals surface area contributed by atoms with Crippen molar-refractivity contribution in [3.05, 3.63) is 59.8 Å². The summed E-state index contributed by atoms with van der Waals surface area (Å²) >= 11 is 1.53. The summed E-state index contributed by atoms with van der Waals surface area (Å²) in [5, 5.41) is 1.90. The molecular weight excluding hydrogens is 357 g/mol. The van der Waals surface area contributed by atoms with E-state index in [1.165, 1.54) is 18.4 Å². The third-order valence-electron chi connectivity index (χ3n) is 5.02. The van der Waals surface area contributed by atoms with E-state index in [0.29, 0.717) is 17.8 Å². The van der Waals surface area contributed by atoms with Crippen molar-refractivity contribution < 1.29 is 9.13 Å². The van der Waals surface area contributed by atoms with Crippen molar-refractivity contribution in [3.8, 4) is 0 Å². The van der Waals surface area contributed by atoms with Crippen LogP contribution in [0.4, 0.5) is 4.39 Å². The number of allylic oxidation sites excluding steroid dienone is 1. The van der Waals surface area contributed by atoms with Gasteiger partial charge in [0, 0.05) is 17.6 Å². The Bertz CT molecular complexity index is 986. The molecule has 0 aromatic carbocycles. The smallest absolute Gasteiger partial charge is 0.326 e. The van der Waals surface area contributed by atoms with Gasteiger partial charge in [0.25, 0.3) is 5.56 Å². The number of nitrogens with one attached hydrogen (secondary N) is 2. The van der Waals surface area contributed by atoms with Crippen LogP contribution in [0.25, 0.3) is 5.57 Å². The zero-order chi connectivity index (χ0) is 18.4. The lowest BCUT2D eigenvalue weighted by molar-refractivity contribution is 0.0759. The molecule has 0 amide bonds. The van der Waals surface area contributed by atoms with Gasteiger partial charge >= 0.3 is 5.69 Å². The predicted octanol–water partition coefficient (Wildman–Crippen LogP) is 2.20. The highest BCUT2D eigenvalue weighted by Crippen LogP contribution is 2.54. The van der Waals surface area contributed by atoms with Gasteiger partial charge in [-0.3, -0.25) is 9.78 Å². The molecule has 2 aromatic heterocycles.